The van der Waals surface area contributed by atoms with Gasteiger partial charge in [0.15, 0.2) is 0 Å². The third kappa shape index (κ3) is 6.00. The molecule has 2 heterocycles. The van der Waals surface area contributed by atoms with Crippen molar-refractivity contribution in [2.24, 2.45) is 5.92 Å². The van der Waals surface area contributed by atoms with Crippen molar-refractivity contribution in [3.8, 4) is 0 Å². The van der Waals surface area contributed by atoms with E-state index in [2.05, 4.69) is 15.5 Å². The van der Waals surface area contributed by atoms with Crippen LogP contribution in [0.2, 0.25) is 5.02 Å². The molecule has 2 aliphatic heterocycles. The highest BCUT2D eigenvalue weighted by molar-refractivity contribution is 6.31. The summed E-state index contributed by atoms with van der Waals surface area (Å²) in [5.74, 6) is 0.696. The fourth-order valence-corrected chi connectivity index (χ4v) is 4.46. The van der Waals surface area contributed by atoms with Crippen LogP contribution in [0.1, 0.15) is 43.7 Å². The number of carbonyl (C=O) groups is 1. The molecule has 2 bridgehead atoms. The third-order valence-electron chi connectivity index (χ3n) is 5.42. The molecule has 7 heteroatoms. The molecule has 2 N–H and O–H groups in total. The number of carbonyl (C=O) groups excluding carboxylic acids is 1. The Balaban J connectivity index is 0.00000169. The highest BCUT2D eigenvalue weighted by Gasteiger charge is 2.34. The molecule has 148 valence electrons. The predicted molar refractivity (Wildman–Crippen MR) is 113 cm³/mol. The molecule has 0 spiro atoms. The largest absolute Gasteiger partial charge is 0.354 e. The molecule has 2 saturated heterocycles. The predicted octanol–water partition coefficient (Wildman–Crippen LogP) is 3.82. The number of piperidine rings is 1. The summed E-state index contributed by atoms with van der Waals surface area (Å²) in [6, 6.07) is 9.22. The number of amides is 1. The zero-order valence-electron chi connectivity index (χ0n) is 15.4. The molecule has 3 unspecified atom stereocenters. The van der Waals surface area contributed by atoms with E-state index in [0.29, 0.717) is 31.0 Å². The molecule has 2 aliphatic rings. The summed E-state index contributed by atoms with van der Waals surface area (Å²) in [5.41, 5.74) is 1.06. The SMILES string of the molecule is CN(C)C(CNC(=O)CC1CC2CCC(C1)N2)c1ccccc1Cl.Cl.Cl. The number of halogens is 3. The number of nitrogens with zero attached hydrogens (tertiary/aromatic N) is 1. The Hall–Kier alpha value is -0.520. The maximum absolute atomic E-state index is 12.4. The summed E-state index contributed by atoms with van der Waals surface area (Å²) in [4.78, 5) is 14.5. The second-order valence-electron chi connectivity index (χ2n) is 7.48. The Morgan fingerprint density at radius 1 is 1.23 bits per heavy atom. The quantitative estimate of drug-likeness (QED) is 0.732. The molecule has 1 aromatic rings. The normalized spacial score (nSPS) is 25.2. The van der Waals surface area contributed by atoms with Crippen LogP contribution >= 0.6 is 36.4 Å². The Labute approximate surface area is 174 Å². The van der Waals surface area contributed by atoms with E-state index in [1.54, 1.807) is 0 Å². The molecule has 1 aromatic carbocycles. The van der Waals surface area contributed by atoms with Gasteiger partial charge < -0.3 is 15.5 Å². The van der Waals surface area contributed by atoms with Crippen molar-refractivity contribution in [2.45, 2.75) is 50.2 Å². The van der Waals surface area contributed by atoms with Gasteiger partial charge in [-0.15, -0.1) is 24.8 Å². The first-order valence-corrected chi connectivity index (χ1v) is 9.34. The average Bonchev–Trinajstić information content (AvgIpc) is 2.87. The van der Waals surface area contributed by atoms with Crippen LogP contribution in [-0.2, 0) is 4.79 Å². The van der Waals surface area contributed by atoms with Crippen molar-refractivity contribution in [1.82, 2.24) is 15.5 Å². The lowest BCUT2D eigenvalue weighted by molar-refractivity contribution is -0.122. The Kier molecular flexibility index (Phi) is 9.70. The van der Waals surface area contributed by atoms with Gasteiger partial charge in [0.2, 0.25) is 5.91 Å². The van der Waals surface area contributed by atoms with Gasteiger partial charge in [0.05, 0.1) is 6.04 Å². The fourth-order valence-electron chi connectivity index (χ4n) is 4.20. The maximum atomic E-state index is 12.4. The lowest BCUT2D eigenvalue weighted by Crippen LogP contribution is -2.40. The zero-order chi connectivity index (χ0) is 17.1. The topological polar surface area (TPSA) is 44.4 Å². The van der Waals surface area contributed by atoms with Gasteiger partial charge in [-0.3, -0.25) is 4.79 Å². The van der Waals surface area contributed by atoms with Crippen LogP contribution in [0.15, 0.2) is 24.3 Å². The van der Waals surface area contributed by atoms with Crippen LogP contribution < -0.4 is 10.6 Å². The minimum absolute atomic E-state index is 0. The Bertz CT molecular complexity index is 573. The Morgan fingerprint density at radius 3 is 2.42 bits per heavy atom. The highest BCUT2D eigenvalue weighted by Crippen LogP contribution is 2.32. The summed E-state index contributed by atoms with van der Waals surface area (Å²) in [5, 5.41) is 7.51. The van der Waals surface area contributed by atoms with E-state index in [0.717, 1.165) is 23.4 Å². The van der Waals surface area contributed by atoms with E-state index >= 15 is 0 Å². The van der Waals surface area contributed by atoms with Crippen molar-refractivity contribution in [1.29, 1.82) is 0 Å². The van der Waals surface area contributed by atoms with E-state index < -0.39 is 0 Å². The first kappa shape index (κ1) is 23.5. The van der Waals surface area contributed by atoms with Gasteiger partial charge in [-0.1, -0.05) is 29.8 Å². The summed E-state index contributed by atoms with van der Waals surface area (Å²) >= 11 is 6.33. The number of hydrogen-bond donors (Lipinski definition) is 2. The van der Waals surface area contributed by atoms with E-state index in [9.17, 15) is 4.79 Å². The second-order valence-corrected chi connectivity index (χ2v) is 7.89. The monoisotopic (exact) mass is 421 g/mol. The van der Waals surface area contributed by atoms with Crippen LogP contribution in [0, 0.1) is 5.92 Å². The molecular weight excluding hydrogens is 393 g/mol. The van der Waals surface area contributed by atoms with Crippen molar-refractivity contribution < 1.29 is 4.79 Å². The van der Waals surface area contributed by atoms with Crippen LogP contribution in [0.3, 0.4) is 0 Å². The number of hydrogen-bond acceptors (Lipinski definition) is 3. The number of nitrogens with one attached hydrogen (secondary N) is 2. The van der Waals surface area contributed by atoms with Gasteiger partial charge in [0, 0.05) is 30.1 Å². The average molecular weight is 423 g/mol. The fraction of sp³-hybridized carbons (Fsp3) is 0.632. The highest BCUT2D eigenvalue weighted by atomic mass is 35.5. The molecule has 0 saturated carbocycles. The van der Waals surface area contributed by atoms with E-state index in [1.807, 2.05) is 38.4 Å². The zero-order valence-corrected chi connectivity index (χ0v) is 17.8. The molecule has 0 radical (unpaired) electrons. The summed E-state index contributed by atoms with van der Waals surface area (Å²) in [7, 11) is 4.04. The second kappa shape index (κ2) is 10.7. The van der Waals surface area contributed by atoms with Gasteiger partial charge in [0.25, 0.3) is 0 Å². The first-order valence-electron chi connectivity index (χ1n) is 8.96. The molecule has 0 aliphatic carbocycles. The molecule has 3 rings (SSSR count). The van der Waals surface area contributed by atoms with Crippen molar-refractivity contribution in [3.05, 3.63) is 34.9 Å². The minimum Gasteiger partial charge on any atom is -0.354 e. The lowest BCUT2D eigenvalue weighted by atomic mass is 9.89. The molecule has 3 atom stereocenters. The Morgan fingerprint density at radius 2 is 1.85 bits per heavy atom. The maximum Gasteiger partial charge on any atom is 0.220 e. The van der Waals surface area contributed by atoms with Crippen LogP contribution in [0.5, 0.6) is 0 Å². The first-order chi connectivity index (χ1) is 11.5. The summed E-state index contributed by atoms with van der Waals surface area (Å²) in [6.07, 6.45) is 5.49. The van der Waals surface area contributed by atoms with Gasteiger partial charge in [-0.25, -0.2) is 0 Å². The molecule has 1 amide bonds. The van der Waals surface area contributed by atoms with Crippen molar-refractivity contribution in [3.63, 3.8) is 0 Å². The van der Waals surface area contributed by atoms with Gasteiger partial charge in [-0.2, -0.15) is 0 Å². The number of rotatable bonds is 6. The van der Waals surface area contributed by atoms with Crippen LogP contribution in [0.25, 0.3) is 0 Å². The smallest absolute Gasteiger partial charge is 0.220 e. The number of benzene rings is 1. The standard InChI is InChI=1S/C19H28ClN3O.2ClH/c1-23(2)18(16-5-3-4-6-17(16)20)12-21-19(24)11-13-9-14-7-8-15(10-13)22-14;;/h3-6,13-15,18,22H,7-12H2,1-2H3,(H,21,24);2*1H. The van der Waals surface area contributed by atoms with Crippen molar-refractivity contribution in [2.75, 3.05) is 20.6 Å². The number of fused-ring (bicyclic) bond motifs is 2. The van der Waals surface area contributed by atoms with Crippen LogP contribution in [-0.4, -0.2) is 43.5 Å². The van der Waals surface area contributed by atoms with Gasteiger partial charge in [-0.05, 0) is 57.3 Å². The van der Waals surface area contributed by atoms with Crippen LogP contribution in [0.4, 0.5) is 0 Å². The lowest BCUT2D eigenvalue weighted by Gasteiger charge is -2.29. The van der Waals surface area contributed by atoms with E-state index in [-0.39, 0.29) is 36.8 Å². The minimum atomic E-state index is 0. The van der Waals surface area contributed by atoms with E-state index in [4.69, 9.17) is 11.6 Å². The third-order valence-corrected chi connectivity index (χ3v) is 5.77. The van der Waals surface area contributed by atoms with Crippen molar-refractivity contribution >= 4 is 42.3 Å². The van der Waals surface area contributed by atoms with Gasteiger partial charge >= 0.3 is 0 Å². The summed E-state index contributed by atoms with van der Waals surface area (Å²) in [6.45, 7) is 0.591. The summed E-state index contributed by atoms with van der Waals surface area (Å²) < 4.78 is 0. The molecule has 2 fully saturated rings. The molecular formula is C19H30Cl3N3O. The molecule has 26 heavy (non-hydrogen) atoms. The van der Waals surface area contributed by atoms with E-state index in [1.165, 1.54) is 12.8 Å². The molecule has 4 nitrogen and oxygen atoms in total. The number of likely N-dealkylation sites (N-methyl/N-ethyl adjacent to an activating group) is 1. The molecule has 0 aromatic heterocycles. The van der Waals surface area contributed by atoms with Gasteiger partial charge in [0.1, 0.15) is 0 Å².